The van der Waals surface area contributed by atoms with Crippen molar-refractivity contribution in [2.75, 3.05) is 21.3 Å². The minimum atomic E-state index is -0.187. The summed E-state index contributed by atoms with van der Waals surface area (Å²) in [4.78, 5) is 12.2. The maximum atomic E-state index is 12.2. The fraction of sp³-hybridized carbons (Fsp3) is 0.250. The molecule has 0 saturated carbocycles. The van der Waals surface area contributed by atoms with Crippen LogP contribution in [0.2, 0.25) is 0 Å². The van der Waals surface area contributed by atoms with Gasteiger partial charge in [0.15, 0.2) is 11.5 Å². The Morgan fingerprint density at radius 3 is 2.32 bits per heavy atom. The van der Waals surface area contributed by atoms with E-state index in [-0.39, 0.29) is 11.9 Å². The van der Waals surface area contributed by atoms with Crippen molar-refractivity contribution in [2.24, 2.45) is 0 Å². The second kappa shape index (κ2) is 8.78. The average Bonchev–Trinajstić information content (AvgIpc) is 2.65. The molecule has 0 aliphatic heterocycles. The number of carbonyl (C=O) groups excluding carboxylic acids is 1. The molecule has 1 atom stereocenters. The summed E-state index contributed by atoms with van der Waals surface area (Å²) in [5.74, 6) is 1.83. The van der Waals surface area contributed by atoms with Crippen molar-refractivity contribution in [3.8, 4) is 17.2 Å². The van der Waals surface area contributed by atoms with Crippen LogP contribution in [0.3, 0.4) is 0 Å². The Bertz CT molecular complexity index is 755. The Kier molecular flexibility index (Phi) is 6.46. The zero-order valence-corrected chi connectivity index (χ0v) is 14.9. The van der Waals surface area contributed by atoms with Gasteiger partial charge in [-0.1, -0.05) is 24.3 Å². The standard InChI is InChI=1S/C20H23NO4/c1-14(16-7-5-6-8-17(16)23-2)21-20(22)12-10-15-9-11-18(24-3)19(13-15)25-4/h5-14H,1-4H3,(H,21,22)/b12-10+/t14-/m0/s1. The average molecular weight is 341 g/mol. The minimum Gasteiger partial charge on any atom is -0.496 e. The molecule has 5 heteroatoms. The van der Waals surface area contributed by atoms with Gasteiger partial charge < -0.3 is 19.5 Å². The van der Waals surface area contributed by atoms with E-state index in [1.165, 1.54) is 6.08 Å². The number of hydrogen-bond donors (Lipinski definition) is 1. The van der Waals surface area contributed by atoms with Gasteiger partial charge in [0, 0.05) is 11.6 Å². The van der Waals surface area contributed by atoms with Gasteiger partial charge in [-0.25, -0.2) is 0 Å². The topological polar surface area (TPSA) is 56.8 Å². The highest BCUT2D eigenvalue weighted by Gasteiger charge is 2.12. The fourth-order valence-corrected chi connectivity index (χ4v) is 2.49. The van der Waals surface area contributed by atoms with Gasteiger partial charge in [-0.2, -0.15) is 0 Å². The minimum absolute atomic E-state index is 0.168. The summed E-state index contributed by atoms with van der Waals surface area (Å²) in [6, 6.07) is 12.9. The lowest BCUT2D eigenvalue weighted by Crippen LogP contribution is -2.24. The molecule has 0 fully saturated rings. The number of rotatable bonds is 7. The molecule has 0 heterocycles. The molecule has 2 aromatic carbocycles. The number of methoxy groups -OCH3 is 3. The summed E-state index contributed by atoms with van der Waals surface area (Å²) in [7, 11) is 4.78. The van der Waals surface area contributed by atoms with E-state index in [0.717, 1.165) is 16.9 Å². The largest absolute Gasteiger partial charge is 0.496 e. The van der Waals surface area contributed by atoms with Crippen LogP contribution in [0.1, 0.15) is 24.1 Å². The number of hydrogen-bond acceptors (Lipinski definition) is 4. The van der Waals surface area contributed by atoms with Gasteiger partial charge in [0.05, 0.1) is 27.4 Å². The van der Waals surface area contributed by atoms with Crippen molar-refractivity contribution >= 4 is 12.0 Å². The van der Waals surface area contributed by atoms with E-state index < -0.39 is 0 Å². The molecular formula is C20H23NO4. The van der Waals surface area contributed by atoms with Crippen LogP contribution in [-0.2, 0) is 4.79 Å². The van der Waals surface area contributed by atoms with Crippen LogP contribution in [0.4, 0.5) is 0 Å². The first-order valence-corrected chi connectivity index (χ1v) is 7.92. The van der Waals surface area contributed by atoms with Crippen molar-refractivity contribution in [2.45, 2.75) is 13.0 Å². The second-order valence-corrected chi connectivity index (χ2v) is 5.42. The van der Waals surface area contributed by atoms with Gasteiger partial charge in [0.1, 0.15) is 5.75 Å². The maximum absolute atomic E-state index is 12.2. The summed E-state index contributed by atoms with van der Waals surface area (Å²) >= 11 is 0. The van der Waals surface area contributed by atoms with Gasteiger partial charge in [0.2, 0.25) is 5.91 Å². The molecule has 25 heavy (non-hydrogen) atoms. The molecule has 2 rings (SSSR count). The molecule has 0 aromatic heterocycles. The SMILES string of the molecule is COc1ccc(/C=C/C(=O)N[C@@H](C)c2ccccc2OC)cc1OC. The van der Waals surface area contributed by atoms with E-state index in [1.54, 1.807) is 33.5 Å². The number of ether oxygens (including phenoxy) is 3. The molecule has 1 N–H and O–H groups in total. The van der Waals surface area contributed by atoms with Crippen LogP contribution >= 0.6 is 0 Å². The molecule has 132 valence electrons. The Morgan fingerprint density at radius 1 is 0.960 bits per heavy atom. The molecule has 0 saturated heterocycles. The molecule has 5 nitrogen and oxygen atoms in total. The summed E-state index contributed by atoms with van der Waals surface area (Å²) in [5.41, 5.74) is 1.77. The van der Waals surface area contributed by atoms with Crippen LogP contribution in [0.5, 0.6) is 17.2 Å². The lowest BCUT2D eigenvalue weighted by atomic mass is 10.1. The van der Waals surface area contributed by atoms with E-state index in [2.05, 4.69) is 5.32 Å². The van der Waals surface area contributed by atoms with Crippen LogP contribution in [0.25, 0.3) is 6.08 Å². The highest BCUT2D eigenvalue weighted by atomic mass is 16.5. The number of carbonyl (C=O) groups is 1. The van der Waals surface area contributed by atoms with E-state index in [1.807, 2.05) is 43.3 Å². The first kappa shape index (κ1) is 18.4. The third kappa shape index (κ3) is 4.76. The van der Waals surface area contributed by atoms with Gasteiger partial charge in [-0.15, -0.1) is 0 Å². The van der Waals surface area contributed by atoms with Crippen LogP contribution in [0, 0.1) is 0 Å². The Hall–Kier alpha value is -2.95. The lowest BCUT2D eigenvalue weighted by molar-refractivity contribution is -0.117. The van der Waals surface area contributed by atoms with Crippen LogP contribution < -0.4 is 19.5 Å². The van der Waals surface area contributed by atoms with Crippen molar-refractivity contribution in [3.63, 3.8) is 0 Å². The maximum Gasteiger partial charge on any atom is 0.244 e. The van der Waals surface area contributed by atoms with E-state index in [0.29, 0.717) is 11.5 Å². The summed E-state index contributed by atoms with van der Waals surface area (Å²) in [6.45, 7) is 1.92. The zero-order valence-electron chi connectivity index (χ0n) is 14.9. The molecule has 0 radical (unpaired) electrons. The molecule has 0 bridgehead atoms. The van der Waals surface area contributed by atoms with Crippen molar-refractivity contribution in [1.82, 2.24) is 5.32 Å². The first-order valence-electron chi connectivity index (χ1n) is 7.92. The summed E-state index contributed by atoms with van der Waals surface area (Å²) in [5, 5.41) is 2.93. The molecule has 0 aliphatic rings. The molecule has 0 aliphatic carbocycles. The Labute approximate surface area is 148 Å². The Balaban J connectivity index is 2.05. The monoisotopic (exact) mass is 341 g/mol. The van der Waals surface area contributed by atoms with Gasteiger partial charge >= 0.3 is 0 Å². The van der Waals surface area contributed by atoms with Crippen LogP contribution in [-0.4, -0.2) is 27.2 Å². The quantitative estimate of drug-likeness (QED) is 0.782. The highest BCUT2D eigenvalue weighted by molar-refractivity contribution is 5.92. The predicted octanol–water partition coefficient (Wildman–Crippen LogP) is 3.60. The smallest absolute Gasteiger partial charge is 0.244 e. The van der Waals surface area contributed by atoms with E-state index in [4.69, 9.17) is 14.2 Å². The van der Waals surface area contributed by atoms with E-state index >= 15 is 0 Å². The normalized spacial score (nSPS) is 11.8. The number of para-hydroxylation sites is 1. The summed E-state index contributed by atoms with van der Waals surface area (Å²) < 4.78 is 15.8. The molecule has 2 aromatic rings. The van der Waals surface area contributed by atoms with Crippen molar-refractivity contribution < 1.29 is 19.0 Å². The second-order valence-electron chi connectivity index (χ2n) is 5.42. The third-order valence-corrected chi connectivity index (χ3v) is 3.80. The van der Waals surface area contributed by atoms with Gasteiger partial charge in [-0.05, 0) is 36.8 Å². The molecule has 1 amide bonds. The number of amides is 1. The third-order valence-electron chi connectivity index (χ3n) is 3.80. The van der Waals surface area contributed by atoms with Crippen molar-refractivity contribution in [1.29, 1.82) is 0 Å². The first-order chi connectivity index (χ1) is 12.1. The predicted molar refractivity (Wildman–Crippen MR) is 98.1 cm³/mol. The van der Waals surface area contributed by atoms with Gasteiger partial charge in [-0.3, -0.25) is 4.79 Å². The molecule has 0 spiro atoms. The zero-order chi connectivity index (χ0) is 18.2. The molecular weight excluding hydrogens is 318 g/mol. The molecule has 0 unspecified atom stereocenters. The van der Waals surface area contributed by atoms with Gasteiger partial charge in [0.25, 0.3) is 0 Å². The lowest BCUT2D eigenvalue weighted by Gasteiger charge is -2.16. The number of nitrogens with one attached hydrogen (secondary N) is 1. The van der Waals surface area contributed by atoms with Crippen molar-refractivity contribution in [3.05, 3.63) is 59.7 Å². The van der Waals surface area contributed by atoms with E-state index in [9.17, 15) is 4.79 Å². The van der Waals surface area contributed by atoms with Crippen LogP contribution in [0.15, 0.2) is 48.5 Å². The highest BCUT2D eigenvalue weighted by Crippen LogP contribution is 2.28. The number of benzene rings is 2. The fourth-order valence-electron chi connectivity index (χ4n) is 2.49. The Morgan fingerprint density at radius 2 is 1.64 bits per heavy atom. The summed E-state index contributed by atoms with van der Waals surface area (Å²) in [6.07, 6.45) is 3.22.